The number of amides is 4. The summed E-state index contributed by atoms with van der Waals surface area (Å²) in [6, 6.07) is 15.6. The quantitative estimate of drug-likeness (QED) is 0.266. The van der Waals surface area contributed by atoms with Crippen LogP contribution in [0.2, 0.25) is 0 Å². The number of ether oxygens (including phenoxy) is 1. The van der Waals surface area contributed by atoms with E-state index in [-0.39, 0.29) is 41.1 Å². The number of methoxy groups -OCH3 is 1. The van der Waals surface area contributed by atoms with Crippen LogP contribution in [0.5, 0.6) is 11.5 Å². The third-order valence-corrected chi connectivity index (χ3v) is 9.92. The Hall–Kier alpha value is -5.78. The summed E-state index contributed by atoms with van der Waals surface area (Å²) in [5.74, 6) is -9.54. The Morgan fingerprint density at radius 2 is 1.30 bits per heavy atom. The van der Waals surface area contributed by atoms with Crippen molar-refractivity contribution in [3.05, 3.63) is 95.1 Å². The van der Waals surface area contributed by atoms with Crippen LogP contribution in [0.4, 0.5) is 11.4 Å². The number of allylic oxidation sites excluding steroid dienone is 2. The second kappa shape index (κ2) is 10.9. The number of aromatic carboxylic acids is 2. The number of imide groups is 2. The number of anilines is 2. The Balaban J connectivity index is 1.34. The van der Waals surface area contributed by atoms with Crippen molar-refractivity contribution >= 4 is 46.9 Å². The highest BCUT2D eigenvalue weighted by molar-refractivity contribution is 6.24. The lowest BCUT2D eigenvalue weighted by Gasteiger charge is -2.44. The van der Waals surface area contributed by atoms with Gasteiger partial charge in [-0.1, -0.05) is 23.8 Å². The molecule has 0 aromatic heterocycles. The van der Waals surface area contributed by atoms with Gasteiger partial charge in [0.05, 0.1) is 53.3 Å². The van der Waals surface area contributed by atoms with Crippen LogP contribution in [-0.4, -0.2) is 58.0 Å². The molecule has 12 nitrogen and oxygen atoms in total. The molecule has 238 valence electrons. The number of carboxylic acid groups (broad SMARTS) is 2. The molecule has 4 amide bonds. The predicted octanol–water partition coefficient (Wildman–Crippen LogP) is 3.84. The molecule has 3 fully saturated rings. The van der Waals surface area contributed by atoms with Crippen LogP contribution in [-0.2, 0) is 19.2 Å². The summed E-state index contributed by atoms with van der Waals surface area (Å²) in [6.07, 6.45) is 2.03. The molecule has 3 aromatic carbocycles. The van der Waals surface area contributed by atoms with E-state index < -0.39 is 71.1 Å². The van der Waals surface area contributed by atoms with Gasteiger partial charge >= 0.3 is 11.9 Å². The van der Waals surface area contributed by atoms with Crippen molar-refractivity contribution < 1.29 is 48.8 Å². The summed E-state index contributed by atoms with van der Waals surface area (Å²) in [5, 5.41) is 30.2. The number of rotatable bonds is 6. The maximum absolute atomic E-state index is 14.3. The first-order valence-corrected chi connectivity index (χ1v) is 15.0. The van der Waals surface area contributed by atoms with Gasteiger partial charge in [-0.15, -0.1) is 0 Å². The van der Waals surface area contributed by atoms with E-state index in [1.54, 1.807) is 12.1 Å². The van der Waals surface area contributed by atoms with Gasteiger partial charge in [0.2, 0.25) is 23.6 Å². The summed E-state index contributed by atoms with van der Waals surface area (Å²) in [4.78, 5) is 81.7. The maximum Gasteiger partial charge on any atom is 0.335 e. The molecular formula is C35H28N2O10. The number of hydrogen-bond acceptors (Lipinski definition) is 8. The van der Waals surface area contributed by atoms with E-state index in [1.807, 2.05) is 6.08 Å². The van der Waals surface area contributed by atoms with E-state index >= 15 is 0 Å². The van der Waals surface area contributed by atoms with Crippen molar-refractivity contribution in [3.63, 3.8) is 0 Å². The second-order valence-electron chi connectivity index (χ2n) is 12.2. The van der Waals surface area contributed by atoms with Crippen molar-refractivity contribution in [2.75, 3.05) is 16.9 Å². The smallest absolute Gasteiger partial charge is 0.335 e. The fourth-order valence-electron chi connectivity index (χ4n) is 7.91. The molecule has 0 spiro atoms. The molecule has 47 heavy (non-hydrogen) atoms. The van der Waals surface area contributed by atoms with Gasteiger partial charge in [0.15, 0.2) is 0 Å². The highest BCUT2D eigenvalue weighted by Crippen LogP contribution is 2.59. The van der Waals surface area contributed by atoms with Crippen molar-refractivity contribution in [1.29, 1.82) is 0 Å². The zero-order valence-corrected chi connectivity index (χ0v) is 24.9. The highest BCUT2D eigenvalue weighted by atomic mass is 16.5. The molecule has 3 N–H and O–H groups in total. The van der Waals surface area contributed by atoms with E-state index in [1.165, 1.54) is 61.7 Å². The fourth-order valence-corrected chi connectivity index (χ4v) is 7.91. The molecule has 0 unspecified atom stereocenters. The first-order valence-electron chi connectivity index (χ1n) is 15.0. The SMILES string of the molecule is COc1ccc(O)c([C@H]2C3=CC[C@@H]4C(=O)N(c5cccc(C(=O)O)c5)C(=O)[C@@H]4[C@@H]3C[C@H]3C(=O)N(c4cccc(C(=O)O)c4)C(=O)[C@@H]23)c1. The Bertz CT molecular complexity index is 1950. The number of carbonyl (C=O) groups is 6. The lowest BCUT2D eigenvalue weighted by molar-refractivity contribution is -0.126. The largest absolute Gasteiger partial charge is 0.508 e. The van der Waals surface area contributed by atoms with Gasteiger partial charge in [0.1, 0.15) is 11.5 Å². The van der Waals surface area contributed by atoms with Crippen molar-refractivity contribution in [1.82, 2.24) is 0 Å². The van der Waals surface area contributed by atoms with Crippen LogP contribution in [0.25, 0.3) is 0 Å². The minimum atomic E-state index is -1.23. The topological polar surface area (TPSA) is 179 Å². The van der Waals surface area contributed by atoms with Gasteiger partial charge in [-0.05, 0) is 73.4 Å². The summed E-state index contributed by atoms with van der Waals surface area (Å²) in [7, 11) is 1.45. The molecule has 2 heterocycles. The number of aromatic hydroxyl groups is 1. The first kappa shape index (κ1) is 29.9. The number of carbonyl (C=O) groups excluding carboxylic acids is 4. The maximum atomic E-state index is 14.3. The van der Waals surface area contributed by atoms with Crippen LogP contribution in [0.15, 0.2) is 78.4 Å². The van der Waals surface area contributed by atoms with E-state index in [0.29, 0.717) is 16.9 Å². The lowest BCUT2D eigenvalue weighted by atomic mass is 9.57. The van der Waals surface area contributed by atoms with Crippen LogP contribution in [0.1, 0.15) is 45.0 Å². The van der Waals surface area contributed by atoms with Crippen molar-refractivity contribution in [2.24, 2.45) is 29.6 Å². The molecule has 2 aliphatic carbocycles. The number of nitrogens with zero attached hydrogens (tertiary/aromatic N) is 2. The molecule has 4 aliphatic rings. The number of fused-ring (bicyclic) bond motifs is 4. The molecule has 0 radical (unpaired) electrons. The number of phenols is 1. The average Bonchev–Trinajstić information content (AvgIpc) is 3.47. The zero-order chi connectivity index (χ0) is 33.3. The van der Waals surface area contributed by atoms with E-state index in [9.17, 15) is 44.1 Å². The Labute approximate surface area is 267 Å². The third kappa shape index (κ3) is 4.50. The Morgan fingerprint density at radius 3 is 1.87 bits per heavy atom. The monoisotopic (exact) mass is 636 g/mol. The van der Waals surface area contributed by atoms with Gasteiger partial charge in [-0.25, -0.2) is 9.59 Å². The molecular weight excluding hydrogens is 608 g/mol. The summed E-state index contributed by atoms with van der Waals surface area (Å²) < 4.78 is 5.42. The molecule has 12 heteroatoms. The number of carboxylic acids is 2. The normalized spacial score (nSPS) is 26.4. The minimum absolute atomic E-state index is 0.0562. The van der Waals surface area contributed by atoms with E-state index in [4.69, 9.17) is 4.74 Å². The fraction of sp³-hybridized carbons (Fsp3) is 0.257. The predicted molar refractivity (Wildman–Crippen MR) is 164 cm³/mol. The average molecular weight is 637 g/mol. The van der Waals surface area contributed by atoms with Crippen molar-refractivity contribution in [3.8, 4) is 11.5 Å². The summed E-state index contributed by atoms with van der Waals surface area (Å²) >= 11 is 0. The molecule has 3 aromatic rings. The van der Waals surface area contributed by atoms with Gasteiger partial charge in [-0.2, -0.15) is 0 Å². The van der Waals surface area contributed by atoms with Gasteiger partial charge in [-0.3, -0.25) is 29.0 Å². The van der Waals surface area contributed by atoms with Gasteiger partial charge in [0.25, 0.3) is 0 Å². The molecule has 0 bridgehead atoms. The molecule has 1 saturated carbocycles. The first-order chi connectivity index (χ1) is 22.5. The Morgan fingerprint density at radius 1 is 0.723 bits per heavy atom. The minimum Gasteiger partial charge on any atom is -0.508 e. The van der Waals surface area contributed by atoms with Gasteiger partial charge < -0.3 is 20.1 Å². The zero-order valence-electron chi connectivity index (χ0n) is 24.9. The second-order valence-corrected chi connectivity index (χ2v) is 12.2. The summed E-state index contributed by atoms with van der Waals surface area (Å²) in [6.45, 7) is 0. The van der Waals surface area contributed by atoms with E-state index in [2.05, 4.69) is 0 Å². The molecule has 2 aliphatic heterocycles. The number of hydrogen-bond donors (Lipinski definition) is 3. The van der Waals surface area contributed by atoms with Gasteiger partial charge in [0, 0.05) is 11.5 Å². The third-order valence-electron chi connectivity index (χ3n) is 9.92. The number of phenolic OH excluding ortho intramolecular Hbond substituents is 1. The lowest BCUT2D eigenvalue weighted by Crippen LogP contribution is -2.43. The number of benzene rings is 3. The van der Waals surface area contributed by atoms with E-state index in [0.717, 1.165) is 9.80 Å². The molecule has 2 saturated heterocycles. The van der Waals surface area contributed by atoms with Crippen LogP contribution in [0.3, 0.4) is 0 Å². The Kier molecular flexibility index (Phi) is 6.96. The standard InChI is InChI=1S/C35H28N2O10/c1-47-20-8-11-26(38)24(14-20)27-21-9-10-22-28(32(41)36(30(22)39)18-6-2-4-16(12-18)34(43)44)23(21)15-25-29(27)33(42)37(31(25)40)19-7-3-5-17(13-19)35(45)46/h2-9,11-14,22-23,25,27-29,38H,10,15H2,1H3,(H,43,44)(H,45,46)/t22-,23+,25+,27+,28-,29+/m0/s1. The van der Waals surface area contributed by atoms with Crippen LogP contribution >= 0.6 is 0 Å². The molecule has 6 atom stereocenters. The molecule has 7 rings (SSSR count). The van der Waals surface area contributed by atoms with Crippen molar-refractivity contribution in [2.45, 2.75) is 18.8 Å². The summed E-state index contributed by atoms with van der Waals surface area (Å²) in [5.41, 5.74) is 0.978. The van der Waals surface area contributed by atoms with Crippen LogP contribution in [0, 0.1) is 29.6 Å². The highest BCUT2D eigenvalue weighted by Gasteiger charge is 2.62. The van der Waals surface area contributed by atoms with Crippen LogP contribution < -0.4 is 14.5 Å².